The number of hydrogen-bond donors (Lipinski definition) is 1. The molecule has 1 aromatic rings. The minimum Gasteiger partial charge on any atom is -0.495 e. The maximum Gasteiger partial charge on any atom is 0.253 e. The van der Waals surface area contributed by atoms with E-state index in [9.17, 15) is 18.0 Å². The molecule has 2 fully saturated rings. The summed E-state index contributed by atoms with van der Waals surface area (Å²) in [5.41, 5.74) is 0.319. The number of carbonyl (C=O) groups is 2. The average Bonchev–Trinajstić information content (AvgIpc) is 3.34. The van der Waals surface area contributed by atoms with Crippen LogP contribution >= 0.6 is 0 Å². The van der Waals surface area contributed by atoms with Gasteiger partial charge >= 0.3 is 0 Å². The lowest BCUT2D eigenvalue weighted by Gasteiger charge is -2.32. The second-order valence-corrected chi connectivity index (χ2v) is 11.0. The molecule has 9 heteroatoms. The minimum absolute atomic E-state index is 0.0321. The van der Waals surface area contributed by atoms with E-state index in [0.717, 1.165) is 12.8 Å². The number of likely N-dealkylation sites (tertiary alicyclic amines) is 1. The van der Waals surface area contributed by atoms with Crippen molar-refractivity contribution in [3.8, 4) is 5.75 Å². The zero-order chi connectivity index (χ0) is 23.5. The Balaban J connectivity index is 1.70. The van der Waals surface area contributed by atoms with Gasteiger partial charge in [-0.05, 0) is 56.7 Å². The first kappa shape index (κ1) is 24.5. The molecule has 0 radical (unpaired) electrons. The van der Waals surface area contributed by atoms with Gasteiger partial charge in [0.25, 0.3) is 5.91 Å². The minimum atomic E-state index is -3.72. The molecule has 0 saturated carbocycles. The third-order valence-electron chi connectivity index (χ3n) is 6.62. The van der Waals surface area contributed by atoms with Gasteiger partial charge in [-0.3, -0.25) is 9.59 Å². The number of ether oxygens (including phenoxy) is 1. The van der Waals surface area contributed by atoms with Crippen LogP contribution < -0.4 is 10.1 Å². The van der Waals surface area contributed by atoms with Gasteiger partial charge in [0.2, 0.25) is 15.9 Å². The van der Waals surface area contributed by atoms with Crippen LogP contribution in [-0.4, -0.2) is 68.8 Å². The van der Waals surface area contributed by atoms with E-state index in [1.54, 1.807) is 17.0 Å². The Kier molecular flexibility index (Phi) is 7.82. The van der Waals surface area contributed by atoms with E-state index in [1.807, 2.05) is 6.92 Å². The van der Waals surface area contributed by atoms with Crippen molar-refractivity contribution in [1.29, 1.82) is 0 Å². The number of methoxy groups -OCH3 is 1. The highest BCUT2D eigenvalue weighted by atomic mass is 32.2. The van der Waals surface area contributed by atoms with Crippen LogP contribution in [0.15, 0.2) is 23.1 Å². The van der Waals surface area contributed by atoms with Crippen LogP contribution in [0.5, 0.6) is 5.75 Å². The smallest absolute Gasteiger partial charge is 0.253 e. The lowest BCUT2D eigenvalue weighted by Crippen LogP contribution is -2.45. The summed E-state index contributed by atoms with van der Waals surface area (Å²) in [4.78, 5) is 27.4. The molecule has 3 rings (SSSR count). The third kappa shape index (κ3) is 5.26. The molecule has 2 aliphatic rings. The number of nitrogens with one attached hydrogen (secondary N) is 1. The molecule has 1 atom stereocenters. The topological polar surface area (TPSA) is 96.0 Å². The molecule has 2 aliphatic heterocycles. The van der Waals surface area contributed by atoms with Crippen LogP contribution in [0.25, 0.3) is 0 Å². The molecule has 0 bridgehead atoms. The largest absolute Gasteiger partial charge is 0.495 e. The van der Waals surface area contributed by atoms with Crippen LogP contribution in [-0.2, 0) is 14.8 Å². The van der Waals surface area contributed by atoms with Gasteiger partial charge in [-0.2, -0.15) is 4.31 Å². The number of hydrogen-bond acceptors (Lipinski definition) is 5. The van der Waals surface area contributed by atoms with Crippen LogP contribution in [0.3, 0.4) is 0 Å². The number of sulfonamides is 1. The van der Waals surface area contributed by atoms with Crippen molar-refractivity contribution in [2.24, 2.45) is 11.8 Å². The molecule has 0 spiro atoms. The summed E-state index contributed by atoms with van der Waals surface area (Å²) in [5.74, 6) is 0.314. The van der Waals surface area contributed by atoms with Gasteiger partial charge in [-0.15, -0.1) is 0 Å². The molecule has 2 saturated heterocycles. The van der Waals surface area contributed by atoms with E-state index < -0.39 is 10.0 Å². The Morgan fingerprint density at radius 2 is 1.69 bits per heavy atom. The van der Waals surface area contributed by atoms with Gasteiger partial charge in [0.1, 0.15) is 10.6 Å². The first-order chi connectivity index (χ1) is 15.1. The highest BCUT2D eigenvalue weighted by Gasteiger charge is 2.32. The maximum absolute atomic E-state index is 13.1. The van der Waals surface area contributed by atoms with Crippen LogP contribution in [0, 0.1) is 11.8 Å². The normalized spacial score (nSPS) is 19.2. The van der Waals surface area contributed by atoms with Gasteiger partial charge in [-0.25, -0.2) is 8.42 Å². The summed E-state index contributed by atoms with van der Waals surface area (Å²) in [7, 11) is -2.30. The predicted octanol–water partition coefficient (Wildman–Crippen LogP) is 2.49. The van der Waals surface area contributed by atoms with Gasteiger partial charge in [0, 0.05) is 43.7 Å². The van der Waals surface area contributed by atoms with E-state index in [1.165, 1.54) is 17.5 Å². The van der Waals surface area contributed by atoms with Crippen molar-refractivity contribution in [2.75, 3.05) is 33.3 Å². The summed E-state index contributed by atoms with van der Waals surface area (Å²) in [6, 6.07) is 4.69. The van der Waals surface area contributed by atoms with Gasteiger partial charge in [0.15, 0.2) is 0 Å². The van der Waals surface area contributed by atoms with Crippen molar-refractivity contribution in [1.82, 2.24) is 14.5 Å². The molecule has 2 amide bonds. The Hall–Kier alpha value is -2.13. The van der Waals surface area contributed by atoms with Crippen molar-refractivity contribution >= 4 is 21.8 Å². The van der Waals surface area contributed by atoms with Crippen LogP contribution in [0.2, 0.25) is 0 Å². The van der Waals surface area contributed by atoms with Crippen LogP contribution in [0.1, 0.15) is 56.8 Å². The fourth-order valence-corrected chi connectivity index (χ4v) is 5.81. The highest BCUT2D eigenvalue weighted by Crippen LogP contribution is 2.30. The van der Waals surface area contributed by atoms with E-state index in [4.69, 9.17) is 4.74 Å². The van der Waals surface area contributed by atoms with Crippen molar-refractivity contribution in [2.45, 2.75) is 57.4 Å². The Morgan fingerprint density at radius 1 is 1.06 bits per heavy atom. The Bertz CT molecular complexity index is 933. The number of rotatable bonds is 7. The van der Waals surface area contributed by atoms with Gasteiger partial charge < -0.3 is 15.0 Å². The maximum atomic E-state index is 13.1. The molecule has 0 aliphatic carbocycles. The molecule has 0 aromatic heterocycles. The number of amides is 2. The van der Waals surface area contributed by atoms with E-state index in [-0.39, 0.29) is 34.4 Å². The summed E-state index contributed by atoms with van der Waals surface area (Å²) >= 11 is 0. The zero-order valence-corrected chi connectivity index (χ0v) is 20.3. The van der Waals surface area contributed by atoms with Crippen molar-refractivity contribution < 1.29 is 22.7 Å². The molecule has 1 N–H and O–H groups in total. The summed E-state index contributed by atoms with van der Waals surface area (Å²) in [6.45, 7) is 8.03. The first-order valence-corrected chi connectivity index (χ1v) is 12.9. The summed E-state index contributed by atoms with van der Waals surface area (Å²) < 4.78 is 32.9. The number of piperidine rings is 1. The van der Waals surface area contributed by atoms with Gasteiger partial charge in [-0.1, -0.05) is 13.8 Å². The molecular formula is C23H35N3O5S. The average molecular weight is 466 g/mol. The monoisotopic (exact) mass is 465 g/mol. The third-order valence-corrected chi connectivity index (χ3v) is 8.54. The molecular weight excluding hydrogens is 430 g/mol. The zero-order valence-electron chi connectivity index (χ0n) is 19.5. The Morgan fingerprint density at radius 3 is 2.25 bits per heavy atom. The molecule has 2 heterocycles. The number of benzene rings is 1. The van der Waals surface area contributed by atoms with Crippen molar-refractivity contribution in [3.63, 3.8) is 0 Å². The van der Waals surface area contributed by atoms with E-state index in [2.05, 4.69) is 19.2 Å². The summed E-state index contributed by atoms with van der Waals surface area (Å²) in [6.07, 6.45) is 2.85. The molecule has 178 valence electrons. The fourth-order valence-electron chi connectivity index (χ4n) is 4.12. The quantitative estimate of drug-likeness (QED) is 0.667. The van der Waals surface area contributed by atoms with E-state index in [0.29, 0.717) is 50.5 Å². The predicted molar refractivity (Wildman–Crippen MR) is 122 cm³/mol. The second kappa shape index (κ2) is 10.2. The number of carbonyl (C=O) groups excluding carboxylic acids is 2. The van der Waals surface area contributed by atoms with Gasteiger partial charge in [0.05, 0.1) is 7.11 Å². The highest BCUT2D eigenvalue weighted by molar-refractivity contribution is 7.89. The van der Waals surface area contributed by atoms with E-state index >= 15 is 0 Å². The fraction of sp³-hybridized carbons (Fsp3) is 0.652. The summed E-state index contributed by atoms with van der Waals surface area (Å²) in [5, 5.41) is 3.06. The Labute approximate surface area is 191 Å². The molecule has 32 heavy (non-hydrogen) atoms. The molecule has 1 unspecified atom stereocenters. The lowest BCUT2D eigenvalue weighted by atomic mass is 9.94. The van der Waals surface area contributed by atoms with Crippen LogP contribution in [0.4, 0.5) is 0 Å². The first-order valence-electron chi connectivity index (χ1n) is 11.4. The lowest BCUT2D eigenvalue weighted by molar-refractivity contribution is -0.127. The standard InChI is InChI=1S/C23H35N3O5S/c1-16(2)17(3)24-22(27)18-9-13-25(14-10-18)23(28)19-7-8-20(31-4)21(15-19)32(29,30)26-11-5-6-12-26/h7-8,15-18H,5-6,9-14H2,1-4H3,(H,24,27). The molecule has 1 aromatic carbocycles. The molecule has 8 nitrogen and oxygen atoms in total. The SMILES string of the molecule is COc1ccc(C(=O)N2CCC(C(=O)NC(C)C(C)C)CC2)cc1S(=O)(=O)N1CCCC1. The van der Waals surface area contributed by atoms with Crippen molar-refractivity contribution in [3.05, 3.63) is 23.8 Å². The number of nitrogens with zero attached hydrogens (tertiary/aromatic N) is 2. The second-order valence-electron chi connectivity index (χ2n) is 9.08.